The number of amides is 1. The highest BCUT2D eigenvalue weighted by molar-refractivity contribution is 5.76. The van der Waals surface area contributed by atoms with E-state index in [4.69, 9.17) is 4.74 Å². The summed E-state index contributed by atoms with van der Waals surface area (Å²) in [5.41, 5.74) is 0.970. The standard InChI is InChI=1S/C14H24N4O2/c1-2-5-15-8-13-9-18(11-16-13)10-14(19)17-12-3-6-20-7-4-12/h9,11-12,15H,2-8,10H2,1H3,(H,17,19). The lowest BCUT2D eigenvalue weighted by Gasteiger charge is -2.23. The van der Waals surface area contributed by atoms with Crippen LogP contribution in [0, 0.1) is 0 Å². The van der Waals surface area contributed by atoms with Crippen LogP contribution in [0.4, 0.5) is 0 Å². The summed E-state index contributed by atoms with van der Waals surface area (Å²) in [7, 11) is 0. The van der Waals surface area contributed by atoms with Gasteiger partial charge in [-0.1, -0.05) is 6.92 Å². The van der Waals surface area contributed by atoms with Crippen LogP contribution >= 0.6 is 0 Å². The number of nitrogens with one attached hydrogen (secondary N) is 2. The van der Waals surface area contributed by atoms with Crippen molar-refractivity contribution in [3.8, 4) is 0 Å². The van der Waals surface area contributed by atoms with Crippen LogP contribution in [-0.2, 0) is 22.6 Å². The van der Waals surface area contributed by atoms with Gasteiger partial charge < -0.3 is 19.9 Å². The number of hydrogen-bond acceptors (Lipinski definition) is 4. The third kappa shape index (κ3) is 4.94. The first kappa shape index (κ1) is 15.0. The van der Waals surface area contributed by atoms with E-state index in [0.29, 0.717) is 6.54 Å². The maximum absolute atomic E-state index is 11.9. The molecule has 0 aliphatic carbocycles. The molecule has 1 aromatic rings. The predicted molar refractivity (Wildman–Crippen MR) is 76.2 cm³/mol. The number of imidazole rings is 1. The van der Waals surface area contributed by atoms with Crippen LogP contribution in [-0.4, -0.2) is 41.3 Å². The molecule has 2 heterocycles. The lowest BCUT2D eigenvalue weighted by Crippen LogP contribution is -2.40. The van der Waals surface area contributed by atoms with Crippen LogP contribution in [0.1, 0.15) is 31.9 Å². The minimum absolute atomic E-state index is 0.0439. The quantitative estimate of drug-likeness (QED) is 0.721. The normalized spacial score (nSPS) is 16.2. The van der Waals surface area contributed by atoms with Gasteiger partial charge in [0.2, 0.25) is 5.91 Å². The van der Waals surface area contributed by atoms with E-state index in [1.54, 1.807) is 6.33 Å². The third-order valence-corrected chi connectivity index (χ3v) is 3.33. The Hall–Kier alpha value is -1.40. The number of nitrogens with zero attached hydrogens (tertiary/aromatic N) is 2. The third-order valence-electron chi connectivity index (χ3n) is 3.33. The average Bonchev–Trinajstić information content (AvgIpc) is 2.87. The number of aromatic nitrogens is 2. The fraction of sp³-hybridized carbons (Fsp3) is 0.714. The molecular formula is C14H24N4O2. The Kier molecular flexibility index (Phi) is 6.01. The number of rotatable bonds is 7. The van der Waals surface area contributed by atoms with Gasteiger partial charge in [0.25, 0.3) is 0 Å². The van der Waals surface area contributed by atoms with Crippen molar-refractivity contribution in [2.45, 2.75) is 45.3 Å². The summed E-state index contributed by atoms with van der Waals surface area (Å²) < 4.78 is 7.11. The van der Waals surface area contributed by atoms with Crippen molar-refractivity contribution in [1.82, 2.24) is 20.2 Å². The SMILES string of the molecule is CCCNCc1cn(CC(=O)NC2CCOCC2)cn1. The second-order valence-electron chi connectivity index (χ2n) is 5.17. The van der Waals surface area contributed by atoms with Crippen molar-refractivity contribution in [2.75, 3.05) is 19.8 Å². The van der Waals surface area contributed by atoms with Gasteiger partial charge in [-0.2, -0.15) is 0 Å². The second-order valence-corrected chi connectivity index (χ2v) is 5.17. The van der Waals surface area contributed by atoms with E-state index in [2.05, 4.69) is 22.5 Å². The van der Waals surface area contributed by atoms with E-state index in [1.165, 1.54) is 0 Å². The van der Waals surface area contributed by atoms with Gasteiger partial charge in [0.05, 0.1) is 12.0 Å². The Morgan fingerprint density at radius 3 is 3.05 bits per heavy atom. The molecule has 0 atom stereocenters. The largest absolute Gasteiger partial charge is 0.381 e. The summed E-state index contributed by atoms with van der Waals surface area (Å²) in [6, 6.07) is 0.255. The van der Waals surface area contributed by atoms with Gasteiger partial charge in [-0.25, -0.2) is 4.98 Å². The van der Waals surface area contributed by atoms with Crippen LogP contribution in [0.25, 0.3) is 0 Å². The zero-order valence-electron chi connectivity index (χ0n) is 12.1. The van der Waals surface area contributed by atoms with Gasteiger partial charge in [-0.15, -0.1) is 0 Å². The Morgan fingerprint density at radius 2 is 2.30 bits per heavy atom. The van der Waals surface area contributed by atoms with Gasteiger partial charge in [0.1, 0.15) is 6.54 Å². The van der Waals surface area contributed by atoms with Crippen LogP contribution in [0.5, 0.6) is 0 Å². The van der Waals surface area contributed by atoms with Gasteiger partial charge in [0, 0.05) is 32.0 Å². The Bertz CT molecular complexity index is 413. The molecule has 2 N–H and O–H groups in total. The zero-order valence-corrected chi connectivity index (χ0v) is 12.1. The summed E-state index contributed by atoms with van der Waals surface area (Å²) in [6.07, 6.45) is 6.55. The van der Waals surface area contributed by atoms with E-state index < -0.39 is 0 Å². The van der Waals surface area contributed by atoms with Crippen molar-refractivity contribution in [2.24, 2.45) is 0 Å². The topological polar surface area (TPSA) is 68.2 Å². The molecule has 1 saturated heterocycles. The first-order chi connectivity index (χ1) is 9.78. The molecule has 20 heavy (non-hydrogen) atoms. The number of ether oxygens (including phenoxy) is 1. The summed E-state index contributed by atoms with van der Waals surface area (Å²) >= 11 is 0. The predicted octanol–water partition coefficient (Wildman–Crippen LogP) is 0.678. The van der Waals surface area contributed by atoms with Crippen molar-refractivity contribution < 1.29 is 9.53 Å². The Labute approximate surface area is 119 Å². The fourth-order valence-electron chi connectivity index (χ4n) is 2.26. The molecule has 1 aromatic heterocycles. The maximum atomic E-state index is 11.9. The van der Waals surface area contributed by atoms with Crippen molar-refractivity contribution >= 4 is 5.91 Å². The van der Waals surface area contributed by atoms with E-state index in [0.717, 1.165) is 51.3 Å². The lowest BCUT2D eigenvalue weighted by atomic mass is 10.1. The molecule has 6 heteroatoms. The highest BCUT2D eigenvalue weighted by atomic mass is 16.5. The van der Waals surface area contributed by atoms with Crippen molar-refractivity contribution in [3.63, 3.8) is 0 Å². The highest BCUT2D eigenvalue weighted by Gasteiger charge is 2.16. The first-order valence-corrected chi connectivity index (χ1v) is 7.36. The number of hydrogen-bond donors (Lipinski definition) is 2. The molecule has 0 bridgehead atoms. The van der Waals surface area contributed by atoms with E-state index in [1.807, 2.05) is 10.8 Å². The fourth-order valence-corrected chi connectivity index (χ4v) is 2.26. The molecule has 1 aliphatic rings. The molecule has 1 aliphatic heterocycles. The molecule has 0 saturated carbocycles. The first-order valence-electron chi connectivity index (χ1n) is 7.36. The Balaban J connectivity index is 1.73. The van der Waals surface area contributed by atoms with E-state index in [9.17, 15) is 4.79 Å². The molecule has 0 unspecified atom stereocenters. The van der Waals surface area contributed by atoms with Gasteiger partial charge in [-0.3, -0.25) is 4.79 Å². The molecule has 6 nitrogen and oxygen atoms in total. The zero-order chi connectivity index (χ0) is 14.2. The molecule has 0 spiro atoms. The van der Waals surface area contributed by atoms with Gasteiger partial charge in [-0.05, 0) is 25.8 Å². The Morgan fingerprint density at radius 1 is 1.50 bits per heavy atom. The van der Waals surface area contributed by atoms with E-state index >= 15 is 0 Å². The maximum Gasteiger partial charge on any atom is 0.240 e. The molecule has 1 fully saturated rings. The summed E-state index contributed by atoms with van der Waals surface area (Å²) in [6.45, 7) is 5.68. The molecule has 0 radical (unpaired) electrons. The van der Waals surface area contributed by atoms with Crippen LogP contribution in [0.15, 0.2) is 12.5 Å². The summed E-state index contributed by atoms with van der Waals surface area (Å²) in [5, 5.41) is 6.34. The molecule has 112 valence electrons. The smallest absolute Gasteiger partial charge is 0.240 e. The van der Waals surface area contributed by atoms with Crippen molar-refractivity contribution in [3.05, 3.63) is 18.2 Å². The van der Waals surface area contributed by atoms with Gasteiger partial charge >= 0.3 is 0 Å². The molecule has 1 amide bonds. The molecule has 0 aromatic carbocycles. The average molecular weight is 280 g/mol. The van der Waals surface area contributed by atoms with E-state index in [-0.39, 0.29) is 11.9 Å². The minimum atomic E-state index is 0.0439. The summed E-state index contributed by atoms with van der Waals surface area (Å²) in [5.74, 6) is 0.0439. The van der Waals surface area contributed by atoms with Crippen LogP contribution in [0.3, 0.4) is 0 Å². The lowest BCUT2D eigenvalue weighted by molar-refractivity contribution is -0.122. The van der Waals surface area contributed by atoms with Crippen LogP contribution < -0.4 is 10.6 Å². The van der Waals surface area contributed by atoms with Crippen molar-refractivity contribution in [1.29, 1.82) is 0 Å². The van der Waals surface area contributed by atoms with Crippen LogP contribution in [0.2, 0.25) is 0 Å². The molecular weight excluding hydrogens is 256 g/mol. The monoisotopic (exact) mass is 280 g/mol. The molecule has 2 rings (SSSR count). The van der Waals surface area contributed by atoms with Gasteiger partial charge in [0.15, 0.2) is 0 Å². The highest BCUT2D eigenvalue weighted by Crippen LogP contribution is 2.06. The second kappa shape index (κ2) is 8.01. The number of carbonyl (C=O) groups is 1. The number of carbonyl (C=O) groups excluding carboxylic acids is 1. The summed E-state index contributed by atoms with van der Waals surface area (Å²) in [4.78, 5) is 16.2. The minimum Gasteiger partial charge on any atom is -0.381 e.